The molecule has 1 fully saturated rings. The van der Waals surface area contributed by atoms with Gasteiger partial charge >= 0.3 is 0 Å². The van der Waals surface area contributed by atoms with Gasteiger partial charge in [-0.05, 0) is 32.9 Å². The van der Waals surface area contributed by atoms with E-state index >= 15 is 0 Å². The Morgan fingerprint density at radius 1 is 1.29 bits per heavy atom. The van der Waals surface area contributed by atoms with Crippen LogP contribution in [0.5, 0.6) is 0 Å². The predicted molar refractivity (Wildman–Crippen MR) is 71.2 cm³/mol. The highest BCUT2D eigenvalue weighted by atomic mass is 32.2. The molecule has 0 radical (unpaired) electrons. The van der Waals surface area contributed by atoms with Gasteiger partial charge in [-0.2, -0.15) is 0 Å². The highest BCUT2D eigenvalue weighted by Crippen LogP contribution is 2.25. The van der Waals surface area contributed by atoms with E-state index in [1.807, 2.05) is 31.2 Å². The molecule has 2 rings (SSSR count). The Bertz CT molecular complexity index is 378. The Morgan fingerprint density at radius 3 is 2.53 bits per heavy atom. The van der Waals surface area contributed by atoms with Crippen LogP contribution < -0.4 is 5.32 Å². The molecule has 1 N–H and O–H groups in total. The van der Waals surface area contributed by atoms with E-state index in [1.165, 1.54) is 5.56 Å². The van der Waals surface area contributed by atoms with Crippen LogP contribution in [-0.4, -0.2) is 34.0 Å². The van der Waals surface area contributed by atoms with Gasteiger partial charge in [0.15, 0.2) is 4.90 Å². The van der Waals surface area contributed by atoms with E-state index in [0.717, 1.165) is 24.5 Å². The lowest BCUT2D eigenvalue weighted by molar-refractivity contribution is 0.186. The Hall–Kier alpha value is -0.550. The van der Waals surface area contributed by atoms with Gasteiger partial charge in [0.25, 0.3) is 0 Å². The van der Waals surface area contributed by atoms with Gasteiger partial charge in [0, 0.05) is 13.1 Å². The molecule has 17 heavy (non-hydrogen) atoms. The molecule has 0 spiro atoms. The van der Waals surface area contributed by atoms with E-state index in [2.05, 4.69) is 23.5 Å². The van der Waals surface area contributed by atoms with E-state index in [4.69, 9.17) is 0 Å². The predicted octanol–water partition coefficient (Wildman–Crippen LogP) is 1.70. The summed E-state index contributed by atoms with van der Waals surface area (Å²) in [7, 11) is 0. The normalized spacial score (nSPS) is 22.4. The van der Waals surface area contributed by atoms with Crippen LogP contribution in [0.15, 0.2) is 29.2 Å². The second-order valence-corrected chi connectivity index (χ2v) is 6.56. The van der Waals surface area contributed by atoms with Crippen LogP contribution in [0.25, 0.3) is 0 Å². The maximum Gasteiger partial charge on any atom is 0.174 e. The number of nitrogens with zero attached hydrogens (tertiary/aromatic N) is 1. The van der Waals surface area contributed by atoms with Gasteiger partial charge in [0.1, 0.15) is 0 Å². The molecule has 3 nitrogen and oxygen atoms in total. The van der Waals surface area contributed by atoms with Gasteiger partial charge in [0.2, 0.25) is 0 Å². The third kappa shape index (κ3) is 2.83. The fraction of sp³-hybridized carbons (Fsp3) is 0.538. The van der Waals surface area contributed by atoms with Gasteiger partial charge < -0.3 is 9.87 Å². The van der Waals surface area contributed by atoms with Crippen molar-refractivity contribution < 1.29 is 4.55 Å². The summed E-state index contributed by atoms with van der Waals surface area (Å²) in [5.41, 5.74) is 1.14. The van der Waals surface area contributed by atoms with Gasteiger partial charge in [0.05, 0.1) is 23.4 Å². The second kappa shape index (κ2) is 4.98. The summed E-state index contributed by atoms with van der Waals surface area (Å²) in [6.45, 7) is 8.91. The first kappa shape index (κ1) is 12.9. The fourth-order valence-electron chi connectivity index (χ4n) is 2.06. The molecule has 1 saturated heterocycles. The van der Waals surface area contributed by atoms with Crippen LogP contribution in [0.1, 0.15) is 19.4 Å². The van der Waals surface area contributed by atoms with Crippen molar-refractivity contribution in [1.29, 1.82) is 0 Å². The summed E-state index contributed by atoms with van der Waals surface area (Å²) in [5.74, 6) is 0. The van der Waals surface area contributed by atoms with Crippen LogP contribution >= 0.6 is 0 Å². The Kier molecular flexibility index (Phi) is 3.78. The van der Waals surface area contributed by atoms with Crippen molar-refractivity contribution in [1.82, 2.24) is 9.62 Å². The molecule has 1 heterocycles. The zero-order valence-electron chi connectivity index (χ0n) is 10.7. The highest BCUT2D eigenvalue weighted by molar-refractivity contribution is 7.89. The molecule has 1 aliphatic heterocycles. The van der Waals surface area contributed by atoms with Crippen molar-refractivity contribution in [2.75, 3.05) is 19.6 Å². The first-order chi connectivity index (χ1) is 8.00. The van der Waals surface area contributed by atoms with Gasteiger partial charge in [-0.25, -0.2) is 0 Å². The van der Waals surface area contributed by atoms with Crippen LogP contribution in [0.4, 0.5) is 0 Å². The van der Waals surface area contributed by atoms with Gasteiger partial charge in [-0.1, -0.05) is 17.7 Å². The summed E-state index contributed by atoms with van der Waals surface area (Å²) < 4.78 is 14.6. The van der Waals surface area contributed by atoms with E-state index in [9.17, 15) is 4.55 Å². The average molecular weight is 252 g/mol. The van der Waals surface area contributed by atoms with Crippen molar-refractivity contribution in [2.45, 2.75) is 31.2 Å². The molecule has 1 atom stereocenters. The molecule has 0 amide bonds. The van der Waals surface area contributed by atoms with Crippen molar-refractivity contribution in [3.63, 3.8) is 0 Å². The van der Waals surface area contributed by atoms with E-state index < -0.39 is 11.4 Å². The Balaban J connectivity index is 2.18. The smallest absolute Gasteiger partial charge is 0.174 e. The lowest BCUT2D eigenvalue weighted by atomic mass is 10.0. The third-order valence-electron chi connectivity index (χ3n) is 3.15. The minimum absolute atomic E-state index is 0.0615. The molecular weight excluding hydrogens is 232 g/mol. The number of piperazine rings is 1. The Labute approximate surface area is 107 Å². The number of hydrogen-bond donors (Lipinski definition) is 1. The number of aryl methyl sites for hydroxylation is 1. The molecular formula is C13H20N2OS. The number of hydrogen-bond acceptors (Lipinski definition) is 3. The van der Waals surface area contributed by atoms with Crippen molar-refractivity contribution in [3.05, 3.63) is 29.8 Å². The summed E-state index contributed by atoms with van der Waals surface area (Å²) in [5, 5.41) is 3.34. The van der Waals surface area contributed by atoms with Gasteiger partial charge in [-0.3, -0.25) is 0 Å². The molecule has 4 heteroatoms. The maximum atomic E-state index is 12.5. The topological polar surface area (TPSA) is 38.3 Å². The zero-order chi connectivity index (χ0) is 12.5. The summed E-state index contributed by atoms with van der Waals surface area (Å²) >= 11 is -1.05. The lowest BCUT2D eigenvalue weighted by Crippen LogP contribution is -2.59. The van der Waals surface area contributed by atoms with Crippen LogP contribution in [0, 0.1) is 6.92 Å². The molecule has 1 aliphatic rings. The van der Waals surface area contributed by atoms with Crippen molar-refractivity contribution in [3.8, 4) is 0 Å². The standard InChI is InChI=1S/C13H20N2OS/c1-11-4-6-12(7-5-11)17(16)15-9-8-14-10-13(15,2)3/h4-7,14H,8-10H2,1-3H3. The minimum Gasteiger partial charge on any atom is -0.593 e. The number of rotatable bonds is 2. The minimum atomic E-state index is -1.05. The molecule has 1 aromatic rings. The van der Waals surface area contributed by atoms with Crippen LogP contribution in [0.2, 0.25) is 0 Å². The molecule has 94 valence electrons. The van der Waals surface area contributed by atoms with Crippen molar-refractivity contribution in [2.24, 2.45) is 0 Å². The van der Waals surface area contributed by atoms with E-state index in [1.54, 1.807) is 0 Å². The first-order valence-corrected chi connectivity index (χ1v) is 7.08. The molecule has 1 aromatic carbocycles. The largest absolute Gasteiger partial charge is 0.593 e. The average Bonchev–Trinajstić information content (AvgIpc) is 2.28. The lowest BCUT2D eigenvalue weighted by Gasteiger charge is -2.40. The van der Waals surface area contributed by atoms with Crippen molar-refractivity contribution >= 4 is 11.4 Å². The fourth-order valence-corrected chi connectivity index (χ4v) is 3.45. The number of benzene rings is 1. The Morgan fingerprint density at radius 2 is 1.94 bits per heavy atom. The monoisotopic (exact) mass is 252 g/mol. The zero-order valence-corrected chi connectivity index (χ0v) is 11.5. The summed E-state index contributed by atoms with van der Waals surface area (Å²) in [4.78, 5) is 0.894. The van der Waals surface area contributed by atoms with Gasteiger partial charge in [-0.15, -0.1) is 4.31 Å². The summed E-state index contributed by atoms with van der Waals surface area (Å²) in [6.07, 6.45) is 0. The molecule has 0 aliphatic carbocycles. The molecule has 0 aromatic heterocycles. The first-order valence-electron chi connectivity index (χ1n) is 5.98. The molecule has 0 saturated carbocycles. The highest BCUT2D eigenvalue weighted by Gasteiger charge is 2.38. The molecule has 1 unspecified atom stereocenters. The molecule has 0 bridgehead atoms. The quantitative estimate of drug-likeness (QED) is 0.814. The van der Waals surface area contributed by atoms with E-state index in [-0.39, 0.29) is 5.54 Å². The number of nitrogens with one attached hydrogen (secondary N) is 1. The summed E-state index contributed by atoms with van der Waals surface area (Å²) in [6, 6.07) is 7.96. The van der Waals surface area contributed by atoms with E-state index in [0.29, 0.717) is 0 Å². The maximum absolute atomic E-state index is 12.5. The second-order valence-electron chi connectivity index (χ2n) is 5.15. The third-order valence-corrected chi connectivity index (χ3v) is 4.90. The van der Waals surface area contributed by atoms with Crippen LogP contribution in [0.3, 0.4) is 0 Å². The van der Waals surface area contributed by atoms with Crippen LogP contribution in [-0.2, 0) is 11.4 Å². The SMILES string of the molecule is Cc1ccc([S+]([O-])N2CCNCC2(C)C)cc1.